The molecule has 3 aromatic rings. The molecule has 1 saturated heterocycles. The maximum Gasteiger partial charge on any atom is 0.240 e. The topological polar surface area (TPSA) is 37.4 Å². The smallest absolute Gasteiger partial charge is 0.240 e. The fourth-order valence-corrected chi connectivity index (χ4v) is 7.49. The van der Waals surface area contributed by atoms with Crippen LogP contribution in [0, 0.1) is 18.8 Å². The Hall–Kier alpha value is -1.85. The molecule has 4 aliphatic rings. The van der Waals surface area contributed by atoms with Crippen LogP contribution in [-0.2, 0) is 19.3 Å². The van der Waals surface area contributed by atoms with Gasteiger partial charge in [-0.2, -0.15) is 0 Å². The van der Waals surface area contributed by atoms with E-state index in [0.717, 1.165) is 27.8 Å². The van der Waals surface area contributed by atoms with Gasteiger partial charge in [0.2, 0.25) is 11.8 Å². The van der Waals surface area contributed by atoms with Gasteiger partial charge in [-0.1, -0.05) is 60.1 Å². The lowest BCUT2D eigenvalue weighted by Gasteiger charge is -2.54. The molecule has 0 unspecified atom stereocenters. The summed E-state index contributed by atoms with van der Waals surface area (Å²) in [7, 11) is 0. The second kappa shape index (κ2) is 6.60. The van der Waals surface area contributed by atoms with Crippen molar-refractivity contribution in [2.24, 2.45) is 11.8 Å². The molecule has 2 atom stereocenters. The van der Waals surface area contributed by atoms with Crippen molar-refractivity contribution >= 4 is 68.2 Å². The van der Waals surface area contributed by atoms with E-state index in [2.05, 4.69) is 15.9 Å². The van der Waals surface area contributed by atoms with Crippen molar-refractivity contribution in [3.63, 3.8) is 0 Å². The van der Waals surface area contributed by atoms with Gasteiger partial charge in [0.25, 0.3) is 0 Å². The molecule has 1 fully saturated rings. The number of imide groups is 1. The first kappa shape index (κ1) is 20.7. The molecule has 3 aromatic carbocycles. The zero-order valence-electron chi connectivity index (χ0n) is 16.7. The number of aryl methyl sites for hydroxylation is 1. The number of nitrogens with zero attached hydrogens (tertiary/aromatic N) is 1. The SMILES string of the molecule is Cc1cc(Br)c(Cl)cc1N1C(=O)[C@H]2[C@H](C1=O)C1(Cl)c3ccccc3C2(Cl)c2ccccc21. The highest BCUT2D eigenvalue weighted by Crippen LogP contribution is 2.69. The van der Waals surface area contributed by atoms with E-state index < -0.39 is 21.6 Å². The summed E-state index contributed by atoms with van der Waals surface area (Å²) >= 11 is 24.6. The number of rotatable bonds is 1. The zero-order chi connectivity index (χ0) is 22.6. The Kier molecular flexibility index (Phi) is 4.28. The third-order valence-electron chi connectivity index (χ3n) is 7.07. The molecule has 0 radical (unpaired) electrons. The number of hydrogen-bond acceptors (Lipinski definition) is 2. The van der Waals surface area contributed by atoms with Crippen molar-refractivity contribution in [2.45, 2.75) is 16.7 Å². The van der Waals surface area contributed by atoms with E-state index in [1.807, 2.05) is 55.5 Å². The van der Waals surface area contributed by atoms with Crippen LogP contribution in [0.5, 0.6) is 0 Å². The van der Waals surface area contributed by atoms with Gasteiger partial charge in [0.1, 0.15) is 9.75 Å². The predicted molar refractivity (Wildman–Crippen MR) is 130 cm³/mol. The summed E-state index contributed by atoms with van der Waals surface area (Å²) in [4.78, 5) is 26.8. The Labute approximate surface area is 208 Å². The summed E-state index contributed by atoms with van der Waals surface area (Å²) in [6, 6.07) is 18.6. The largest absolute Gasteiger partial charge is 0.274 e. The van der Waals surface area contributed by atoms with Gasteiger partial charge in [-0.05, 0) is 62.8 Å². The molecule has 32 heavy (non-hydrogen) atoms. The van der Waals surface area contributed by atoms with Gasteiger partial charge in [0.15, 0.2) is 0 Å². The van der Waals surface area contributed by atoms with Crippen molar-refractivity contribution in [1.82, 2.24) is 0 Å². The Morgan fingerprint density at radius 2 is 1.22 bits per heavy atom. The average molecular weight is 548 g/mol. The van der Waals surface area contributed by atoms with Crippen LogP contribution < -0.4 is 4.90 Å². The van der Waals surface area contributed by atoms with Crippen LogP contribution in [0.25, 0.3) is 0 Å². The fraction of sp³-hybridized carbons (Fsp3) is 0.200. The summed E-state index contributed by atoms with van der Waals surface area (Å²) in [6.45, 7) is 1.84. The highest BCUT2D eigenvalue weighted by atomic mass is 79.9. The average Bonchev–Trinajstić information content (AvgIpc) is 3.06. The number of anilines is 1. The van der Waals surface area contributed by atoms with Crippen molar-refractivity contribution in [1.29, 1.82) is 0 Å². The molecule has 2 bridgehead atoms. The summed E-state index contributed by atoms with van der Waals surface area (Å²) in [5.41, 5.74) is 4.33. The number of hydrogen-bond donors (Lipinski definition) is 0. The Balaban J connectivity index is 1.65. The van der Waals surface area contributed by atoms with Crippen LogP contribution in [0.1, 0.15) is 27.8 Å². The number of benzene rings is 3. The maximum atomic E-state index is 14.0. The number of carbonyl (C=O) groups excluding carboxylic acids is 2. The lowest BCUT2D eigenvalue weighted by Crippen LogP contribution is -2.57. The molecule has 7 heteroatoms. The van der Waals surface area contributed by atoms with Crippen LogP contribution in [0.3, 0.4) is 0 Å². The normalized spacial score (nSPS) is 29.7. The molecule has 0 spiro atoms. The molecular weight excluding hydrogens is 533 g/mol. The fourth-order valence-electron chi connectivity index (χ4n) is 5.78. The minimum atomic E-state index is -1.19. The lowest BCUT2D eigenvalue weighted by atomic mass is 9.54. The molecular formula is C25H15BrCl3NO2. The van der Waals surface area contributed by atoms with Crippen molar-refractivity contribution in [3.8, 4) is 0 Å². The van der Waals surface area contributed by atoms with E-state index in [0.29, 0.717) is 15.2 Å². The molecule has 2 amide bonds. The third kappa shape index (κ3) is 2.24. The van der Waals surface area contributed by atoms with Crippen molar-refractivity contribution < 1.29 is 9.59 Å². The molecule has 0 saturated carbocycles. The second-order valence-corrected chi connectivity index (χ2v) is 11.0. The third-order valence-corrected chi connectivity index (χ3v) is 9.55. The number of carbonyl (C=O) groups is 2. The van der Waals surface area contributed by atoms with Crippen LogP contribution in [0.4, 0.5) is 5.69 Å². The van der Waals surface area contributed by atoms with E-state index in [-0.39, 0.29) is 11.8 Å². The van der Waals surface area contributed by atoms with Gasteiger partial charge in [0, 0.05) is 4.47 Å². The molecule has 0 N–H and O–H groups in total. The highest BCUT2D eigenvalue weighted by molar-refractivity contribution is 9.10. The summed E-state index contributed by atoms with van der Waals surface area (Å²) in [5.74, 6) is -2.38. The Morgan fingerprint density at radius 3 is 1.62 bits per heavy atom. The van der Waals surface area contributed by atoms with E-state index >= 15 is 0 Å². The molecule has 0 aromatic heterocycles. The van der Waals surface area contributed by atoms with Crippen LogP contribution in [-0.4, -0.2) is 11.8 Å². The summed E-state index contributed by atoms with van der Waals surface area (Å²) in [5, 5.41) is 0.414. The van der Waals surface area contributed by atoms with Crippen molar-refractivity contribution in [2.75, 3.05) is 4.90 Å². The van der Waals surface area contributed by atoms with E-state index in [9.17, 15) is 9.59 Å². The van der Waals surface area contributed by atoms with Crippen LogP contribution >= 0.6 is 50.7 Å². The van der Waals surface area contributed by atoms with Gasteiger partial charge >= 0.3 is 0 Å². The summed E-state index contributed by atoms with van der Waals surface area (Å²) < 4.78 is 0.694. The lowest BCUT2D eigenvalue weighted by molar-refractivity contribution is -0.122. The van der Waals surface area contributed by atoms with E-state index in [1.165, 1.54) is 4.90 Å². The second-order valence-electron chi connectivity index (χ2n) is 8.53. The van der Waals surface area contributed by atoms with Gasteiger partial charge in [-0.15, -0.1) is 23.2 Å². The molecule has 7 rings (SSSR count). The molecule has 160 valence electrons. The highest BCUT2D eigenvalue weighted by Gasteiger charge is 2.73. The molecule has 1 aliphatic heterocycles. The van der Waals surface area contributed by atoms with E-state index in [4.69, 9.17) is 34.8 Å². The first-order chi connectivity index (χ1) is 15.2. The Morgan fingerprint density at radius 1 is 0.812 bits per heavy atom. The summed E-state index contributed by atoms with van der Waals surface area (Å²) in [6.07, 6.45) is 0. The predicted octanol–water partition coefficient (Wildman–Crippen LogP) is 6.51. The standard InChI is InChI=1S/C25H15BrCl3NO2/c1-12-10-17(26)18(27)11-19(12)30-22(31)20-21(23(30)32)25(29)14-7-3-2-6-13(14)24(20,28)15-8-4-5-9-16(15)25/h2-11,20-21H,1H3/t20-,21-,24?,25?/m1/s1. The van der Waals surface area contributed by atoms with Crippen LogP contribution in [0.2, 0.25) is 5.02 Å². The maximum absolute atomic E-state index is 14.0. The molecule has 3 nitrogen and oxygen atoms in total. The molecule has 1 heterocycles. The first-order valence-corrected chi connectivity index (χ1v) is 12.1. The number of alkyl halides is 2. The number of halogens is 4. The number of amides is 2. The van der Waals surface area contributed by atoms with Gasteiger partial charge in [-0.3, -0.25) is 9.59 Å². The van der Waals surface area contributed by atoms with Crippen LogP contribution in [0.15, 0.2) is 65.1 Å². The minimum absolute atomic E-state index is 0.356. The minimum Gasteiger partial charge on any atom is -0.274 e. The van der Waals surface area contributed by atoms with E-state index in [1.54, 1.807) is 12.1 Å². The van der Waals surface area contributed by atoms with Crippen molar-refractivity contribution in [3.05, 3.63) is 98.0 Å². The quantitative estimate of drug-likeness (QED) is 0.257. The van der Waals surface area contributed by atoms with Gasteiger partial charge in [-0.25, -0.2) is 4.90 Å². The first-order valence-electron chi connectivity index (χ1n) is 10.1. The zero-order valence-corrected chi connectivity index (χ0v) is 20.6. The monoisotopic (exact) mass is 545 g/mol. The Bertz CT molecular complexity index is 1250. The molecule has 3 aliphatic carbocycles. The van der Waals surface area contributed by atoms with Gasteiger partial charge in [0.05, 0.1) is 22.5 Å². The van der Waals surface area contributed by atoms with Gasteiger partial charge < -0.3 is 0 Å².